The Bertz CT molecular complexity index is 1110. The molecule has 0 fully saturated rings. The number of carbonyl (C=O) groups is 1. The second kappa shape index (κ2) is 6.27. The Balaban J connectivity index is 2.08. The molecule has 7 heteroatoms. The zero-order valence-corrected chi connectivity index (χ0v) is 14.6. The first-order valence-corrected chi connectivity index (χ1v) is 8.65. The van der Waals surface area contributed by atoms with Crippen LogP contribution >= 0.6 is 11.3 Å². The monoisotopic (exact) mass is 366 g/mol. The fourth-order valence-corrected chi connectivity index (χ4v) is 4.09. The Morgan fingerprint density at radius 2 is 2.08 bits per heavy atom. The summed E-state index contributed by atoms with van der Waals surface area (Å²) < 4.78 is 11.2. The molecule has 1 aromatic carbocycles. The maximum absolute atomic E-state index is 12.9. The molecule has 130 valence electrons. The van der Waals surface area contributed by atoms with E-state index in [4.69, 9.17) is 15.2 Å². The number of nitrogens with zero attached hydrogens (tertiary/aromatic N) is 1. The van der Waals surface area contributed by atoms with Gasteiger partial charge in [0.15, 0.2) is 0 Å². The summed E-state index contributed by atoms with van der Waals surface area (Å²) in [4.78, 5) is 29.4. The predicted octanol–water partition coefficient (Wildman–Crippen LogP) is 2.52. The second-order valence-corrected chi connectivity index (χ2v) is 6.73. The number of nitrogens with two attached hydrogens (primary N) is 1. The average Bonchev–Trinajstić information content (AvgIpc) is 2.67. The van der Waals surface area contributed by atoms with Crippen LogP contribution in [0.5, 0.6) is 5.75 Å². The van der Waals surface area contributed by atoms with Gasteiger partial charge < -0.3 is 15.2 Å². The third-order valence-electron chi connectivity index (χ3n) is 4.28. The van der Waals surface area contributed by atoms with Gasteiger partial charge >= 0.3 is 5.97 Å². The molecule has 2 N–H and O–H groups in total. The highest BCUT2D eigenvalue weighted by Gasteiger charge is 2.38. The van der Waals surface area contributed by atoms with E-state index in [1.54, 1.807) is 24.5 Å². The largest absolute Gasteiger partial charge is 0.465 e. The summed E-state index contributed by atoms with van der Waals surface area (Å²) in [5, 5.41) is 0.771. The quantitative estimate of drug-likeness (QED) is 0.701. The number of benzene rings is 1. The normalized spacial score (nSPS) is 16.1. The van der Waals surface area contributed by atoms with Crippen LogP contribution in [0.4, 0.5) is 0 Å². The minimum atomic E-state index is -0.701. The van der Waals surface area contributed by atoms with E-state index in [1.807, 2.05) is 24.3 Å². The molecule has 0 radical (unpaired) electrons. The van der Waals surface area contributed by atoms with Crippen molar-refractivity contribution in [3.8, 4) is 5.75 Å². The first-order chi connectivity index (χ1) is 12.6. The molecular weight excluding hydrogens is 352 g/mol. The van der Waals surface area contributed by atoms with E-state index >= 15 is 0 Å². The molecule has 1 atom stereocenters. The summed E-state index contributed by atoms with van der Waals surface area (Å²) in [6, 6.07) is 11.0. The van der Waals surface area contributed by atoms with Crippen molar-refractivity contribution in [1.82, 2.24) is 4.98 Å². The summed E-state index contributed by atoms with van der Waals surface area (Å²) >= 11 is 1.11. The highest BCUT2D eigenvalue weighted by Crippen LogP contribution is 2.44. The van der Waals surface area contributed by atoms with Gasteiger partial charge in [0.05, 0.1) is 18.6 Å². The van der Waals surface area contributed by atoms with Gasteiger partial charge in [0, 0.05) is 22.5 Å². The molecule has 0 bridgehead atoms. The zero-order chi connectivity index (χ0) is 18.3. The summed E-state index contributed by atoms with van der Waals surface area (Å²) in [5.41, 5.74) is 7.22. The van der Waals surface area contributed by atoms with E-state index < -0.39 is 11.9 Å². The predicted molar refractivity (Wildman–Crippen MR) is 98.0 cm³/mol. The molecule has 3 aromatic rings. The lowest BCUT2D eigenvalue weighted by Crippen LogP contribution is -2.30. The standard InChI is InChI=1S/C19H14N2O4S/c1-24-18(22)15-13(10-5-4-8-21-9-10)14-16(25-17(15)20)11-6-2-3-7-12(11)26-19(14)23/h2-9,13H,20H2,1H3/t13-/m1/s1. The molecule has 1 aliphatic heterocycles. The van der Waals surface area contributed by atoms with Crippen LogP contribution in [0.2, 0.25) is 0 Å². The van der Waals surface area contributed by atoms with Crippen LogP contribution in [0, 0.1) is 0 Å². The fourth-order valence-electron chi connectivity index (χ4n) is 3.15. The van der Waals surface area contributed by atoms with Crippen molar-refractivity contribution in [2.75, 3.05) is 7.11 Å². The third-order valence-corrected chi connectivity index (χ3v) is 5.26. The molecule has 3 heterocycles. The Morgan fingerprint density at radius 3 is 2.81 bits per heavy atom. The Morgan fingerprint density at radius 1 is 1.27 bits per heavy atom. The van der Waals surface area contributed by atoms with Crippen molar-refractivity contribution in [1.29, 1.82) is 0 Å². The molecule has 1 aliphatic rings. The molecule has 0 aliphatic carbocycles. The van der Waals surface area contributed by atoms with Crippen molar-refractivity contribution in [2.45, 2.75) is 5.92 Å². The Kier molecular flexibility index (Phi) is 3.93. The van der Waals surface area contributed by atoms with Crippen molar-refractivity contribution >= 4 is 27.4 Å². The third kappa shape index (κ3) is 2.44. The van der Waals surface area contributed by atoms with Crippen LogP contribution in [-0.2, 0) is 9.53 Å². The zero-order valence-electron chi connectivity index (χ0n) is 13.8. The molecule has 0 unspecified atom stereocenters. The number of rotatable bonds is 2. The van der Waals surface area contributed by atoms with Gasteiger partial charge in [-0.3, -0.25) is 9.78 Å². The van der Waals surface area contributed by atoms with E-state index in [0.29, 0.717) is 16.9 Å². The van der Waals surface area contributed by atoms with Crippen molar-refractivity contribution < 1.29 is 14.3 Å². The van der Waals surface area contributed by atoms with Gasteiger partial charge in [-0.1, -0.05) is 29.5 Å². The number of methoxy groups -OCH3 is 1. The molecule has 2 aromatic heterocycles. The molecule has 0 saturated heterocycles. The molecular formula is C19H14N2O4S. The van der Waals surface area contributed by atoms with Crippen LogP contribution in [0.25, 0.3) is 10.1 Å². The number of ether oxygens (including phenoxy) is 2. The smallest absolute Gasteiger partial charge is 0.340 e. The summed E-state index contributed by atoms with van der Waals surface area (Å²) in [6.07, 6.45) is 3.23. The van der Waals surface area contributed by atoms with Gasteiger partial charge in [-0.15, -0.1) is 0 Å². The van der Waals surface area contributed by atoms with E-state index in [9.17, 15) is 9.59 Å². The second-order valence-electron chi connectivity index (χ2n) is 5.72. The Labute approximate surface area is 152 Å². The van der Waals surface area contributed by atoms with Crippen LogP contribution in [0.3, 0.4) is 0 Å². The first-order valence-electron chi connectivity index (χ1n) is 7.83. The maximum Gasteiger partial charge on any atom is 0.340 e. The number of hydrogen-bond donors (Lipinski definition) is 1. The number of aromatic nitrogens is 1. The van der Waals surface area contributed by atoms with Gasteiger partial charge in [-0.25, -0.2) is 4.79 Å². The van der Waals surface area contributed by atoms with Gasteiger partial charge in [0.25, 0.3) is 0 Å². The van der Waals surface area contributed by atoms with Crippen molar-refractivity contribution in [3.05, 3.63) is 80.9 Å². The molecule has 4 rings (SSSR count). The van der Waals surface area contributed by atoms with Crippen LogP contribution < -0.4 is 15.2 Å². The van der Waals surface area contributed by atoms with Crippen molar-refractivity contribution in [2.24, 2.45) is 5.73 Å². The molecule has 0 spiro atoms. The van der Waals surface area contributed by atoms with Gasteiger partial charge in [0.1, 0.15) is 11.3 Å². The average molecular weight is 366 g/mol. The highest BCUT2D eigenvalue weighted by atomic mass is 32.1. The number of fused-ring (bicyclic) bond motifs is 3. The number of carbonyl (C=O) groups excluding carboxylic acids is 1. The van der Waals surface area contributed by atoms with Crippen LogP contribution in [0.15, 0.2) is 65.0 Å². The Hall–Kier alpha value is -3.19. The summed E-state index contributed by atoms with van der Waals surface area (Å²) in [7, 11) is 1.26. The van der Waals surface area contributed by atoms with Gasteiger partial charge in [0.2, 0.25) is 10.6 Å². The van der Waals surface area contributed by atoms with E-state index in [0.717, 1.165) is 21.4 Å². The minimum Gasteiger partial charge on any atom is -0.465 e. The molecule has 6 nitrogen and oxygen atoms in total. The number of hydrogen-bond acceptors (Lipinski definition) is 7. The summed E-state index contributed by atoms with van der Waals surface area (Å²) in [5.74, 6) is -1.03. The van der Waals surface area contributed by atoms with Crippen LogP contribution in [0.1, 0.15) is 17.0 Å². The lowest BCUT2D eigenvalue weighted by atomic mass is 9.84. The lowest BCUT2D eigenvalue weighted by molar-refractivity contribution is -0.136. The SMILES string of the molecule is COC(=O)C1=C(N)Oc2c(c(=O)sc3ccccc23)[C@H]1c1cccnc1. The minimum absolute atomic E-state index is 0.0704. The molecule has 0 amide bonds. The maximum atomic E-state index is 12.9. The number of esters is 1. The molecule has 26 heavy (non-hydrogen) atoms. The summed E-state index contributed by atoms with van der Waals surface area (Å²) in [6.45, 7) is 0. The fraction of sp³-hybridized carbons (Fsp3) is 0.105. The number of pyridine rings is 1. The van der Waals surface area contributed by atoms with Crippen LogP contribution in [-0.4, -0.2) is 18.1 Å². The molecule has 0 saturated carbocycles. The van der Waals surface area contributed by atoms with E-state index in [1.165, 1.54) is 7.11 Å². The topological polar surface area (TPSA) is 91.5 Å². The van der Waals surface area contributed by atoms with Gasteiger partial charge in [-0.05, 0) is 23.8 Å². The van der Waals surface area contributed by atoms with E-state index in [2.05, 4.69) is 4.98 Å². The van der Waals surface area contributed by atoms with Crippen molar-refractivity contribution in [3.63, 3.8) is 0 Å². The van der Waals surface area contributed by atoms with Gasteiger partial charge in [-0.2, -0.15) is 0 Å². The first kappa shape index (κ1) is 16.3. The highest BCUT2D eigenvalue weighted by molar-refractivity contribution is 7.16. The lowest BCUT2D eigenvalue weighted by Gasteiger charge is -2.27. The van der Waals surface area contributed by atoms with E-state index in [-0.39, 0.29) is 16.2 Å².